The molecule has 14 heavy (non-hydrogen) atoms. The van der Waals surface area contributed by atoms with Gasteiger partial charge in [0.1, 0.15) is 0 Å². The number of carbonyl (C=O) groups excluding carboxylic acids is 1. The Morgan fingerprint density at radius 3 is 2.79 bits per heavy atom. The summed E-state index contributed by atoms with van der Waals surface area (Å²) in [6, 6.07) is 7.66. The van der Waals surface area contributed by atoms with Crippen LogP contribution in [0.15, 0.2) is 24.3 Å². The van der Waals surface area contributed by atoms with E-state index in [2.05, 4.69) is 0 Å². The highest BCUT2D eigenvalue weighted by atomic mass is 35.5. The Morgan fingerprint density at radius 2 is 2.07 bits per heavy atom. The molecule has 1 heterocycles. The van der Waals surface area contributed by atoms with E-state index in [1.165, 1.54) is 0 Å². The van der Waals surface area contributed by atoms with E-state index in [1.54, 1.807) is 0 Å². The van der Waals surface area contributed by atoms with Crippen LogP contribution in [0.4, 0.5) is 5.69 Å². The van der Waals surface area contributed by atoms with Gasteiger partial charge in [0.25, 0.3) is 0 Å². The summed E-state index contributed by atoms with van der Waals surface area (Å²) >= 11 is 6.05. The molecule has 0 unspecified atom stereocenters. The van der Waals surface area contributed by atoms with Crippen LogP contribution in [0.5, 0.6) is 0 Å². The van der Waals surface area contributed by atoms with Gasteiger partial charge < -0.3 is 4.90 Å². The van der Waals surface area contributed by atoms with E-state index in [0.717, 1.165) is 23.7 Å². The molecule has 0 aromatic heterocycles. The lowest BCUT2D eigenvalue weighted by Crippen LogP contribution is -2.35. The van der Waals surface area contributed by atoms with Crippen LogP contribution in [-0.4, -0.2) is 18.9 Å². The fourth-order valence-corrected chi connectivity index (χ4v) is 2.01. The molecular formula is C11H12ClNO. The molecule has 0 saturated carbocycles. The van der Waals surface area contributed by atoms with Crippen LogP contribution in [0.25, 0.3) is 0 Å². The van der Waals surface area contributed by atoms with Gasteiger partial charge in [0, 0.05) is 13.0 Å². The van der Waals surface area contributed by atoms with Gasteiger partial charge in [0.15, 0.2) is 5.78 Å². The third-order valence-electron chi connectivity index (χ3n) is 2.44. The number of halogens is 1. The summed E-state index contributed by atoms with van der Waals surface area (Å²) < 4.78 is 0. The Morgan fingerprint density at radius 1 is 1.29 bits per heavy atom. The Bertz CT molecular complexity index is 351. The molecule has 1 fully saturated rings. The minimum atomic E-state index is 0.302. The normalized spacial score (nSPS) is 17.2. The summed E-state index contributed by atoms with van der Waals surface area (Å²) in [4.78, 5) is 13.3. The van der Waals surface area contributed by atoms with Crippen LogP contribution < -0.4 is 4.90 Å². The Labute approximate surface area is 88.5 Å². The molecule has 0 bridgehead atoms. The van der Waals surface area contributed by atoms with Crippen molar-refractivity contribution >= 4 is 23.1 Å². The summed E-state index contributed by atoms with van der Waals surface area (Å²) in [6.07, 6.45) is 1.64. The predicted molar refractivity (Wildman–Crippen MR) is 57.9 cm³/mol. The molecule has 0 amide bonds. The second kappa shape index (κ2) is 4.01. The number of para-hydroxylation sites is 1. The molecule has 0 atom stereocenters. The first-order valence-electron chi connectivity index (χ1n) is 4.78. The first kappa shape index (κ1) is 9.53. The van der Waals surface area contributed by atoms with E-state index >= 15 is 0 Å². The number of hydrogen-bond donors (Lipinski definition) is 0. The van der Waals surface area contributed by atoms with Crippen molar-refractivity contribution in [3.05, 3.63) is 29.3 Å². The second-order valence-corrected chi connectivity index (χ2v) is 3.92. The first-order valence-corrected chi connectivity index (χ1v) is 5.16. The summed E-state index contributed by atoms with van der Waals surface area (Å²) in [5.41, 5.74) is 0.974. The zero-order chi connectivity index (χ0) is 9.97. The summed E-state index contributed by atoms with van der Waals surface area (Å²) in [5, 5.41) is 0.724. The number of piperidine rings is 1. The molecule has 1 aromatic rings. The van der Waals surface area contributed by atoms with Crippen LogP contribution in [0.3, 0.4) is 0 Å². The van der Waals surface area contributed by atoms with Crippen molar-refractivity contribution in [2.45, 2.75) is 12.8 Å². The van der Waals surface area contributed by atoms with Gasteiger partial charge in [0.05, 0.1) is 17.3 Å². The van der Waals surface area contributed by atoms with Crippen molar-refractivity contribution in [1.29, 1.82) is 0 Å². The monoisotopic (exact) mass is 209 g/mol. The molecule has 0 aliphatic carbocycles. The van der Waals surface area contributed by atoms with E-state index < -0.39 is 0 Å². The second-order valence-electron chi connectivity index (χ2n) is 3.52. The summed E-state index contributed by atoms with van der Waals surface area (Å²) in [5.74, 6) is 0.302. The molecule has 1 aliphatic heterocycles. The molecule has 1 saturated heterocycles. The molecule has 1 aromatic carbocycles. The standard InChI is InChI=1S/C11H12ClNO/c12-10-5-1-2-6-11(10)13-7-3-4-9(14)8-13/h1-2,5-6H,3-4,7-8H2. The number of hydrogen-bond acceptors (Lipinski definition) is 2. The molecule has 2 nitrogen and oxygen atoms in total. The Kier molecular flexibility index (Phi) is 2.73. The quantitative estimate of drug-likeness (QED) is 0.709. The topological polar surface area (TPSA) is 20.3 Å². The van der Waals surface area contributed by atoms with Gasteiger partial charge in [-0.3, -0.25) is 4.79 Å². The predicted octanol–water partition coefficient (Wildman–Crippen LogP) is 2.51. The van der Waals surface area contributed by atoms with E-state index in [4.69, 9.17) is 11.6 Å². The number of carbonyl (C=O) groups is 1. The molecular weight excluding hydrogens is 198 g/mol. The molecule has 0 radical (unpaired) electrons. The number of anilines is 1. The smallest absolute Gasteiger partial charge is 0.152 e. The Hall–Kier alpha value is -1.02. The maximum atomic E-state index is 11.3. The van der Waals surface area contributed by atoms with Crippen LogP contribution in [-0.2, 0) is 4.79 Å². The lowest BCUT2D eigenvalue weighted by atomic mass is 10.1. The van der Waals surface area contributed by atoms with Crippen LogP contribution >= 0.6 is 11.6 Å². The lowest BCUT2D eigenvalue weighted by molar-refractivity contribution is -0.118. The fraction of sp³-hybridized carbons (Fsp3) is 0.364. The number of rotatable bonds is 1. The zero-order valence-electron chi connectivity index (χ0n) is 7.87. The molecule has 0 spiro atoms. The zero-order valence-corrected chi connectivity index (χ0v) is 8.63. The Balaban J connectivity index is 2.22. The van der Waals surface area contributed by atoms with Crippen LogP contribution in [0.1, 0.15) is 12.8 Å². The fourth-order valence-electron chi connectivity index (χ4n) is 1.75. The molecule has 0 N–H and O–H groups in total. The van der Waals surface area contributed by atoms with Gasteiger partial charge in [-0.2, -0.15) is 0 Å². The molecule has 74 valence electrons. The number of benzene rings is 1. The average molecular weight is 210 g/mol. The molecule has 1 aliphatic rings. The van der Waals surface area contributed by atoms with Gasteiger partial charge in [-0.15, -0.1) is 0 Å². The third kappa shape index (κ3) is 1.90. The number of ketones is 1. The van der Waals surface area contributed by atoms with Crippen molar-refractivity contribution in [1.82, 2.24) is 0 Å². The van der Waals surface area contributed by atoms with Gasteiger partial charge in [-0.05, 0) is 18.6 Å². The lowest BCUT2D eigenvalue weighted by Gasteiger charge is -2.28. The van der Waals surface area contributed by atoms with Crippen molar-refractivity contribution in [3.8, 4) is 0 Å². The largest absolute Gasteiger partial charge is 0.363 e. The molecule has 3 heteroatoms. The van der Waals surface area contributed by atoms with Gasteiger partial charge in [-0.25, -0.2) is 0 Å². The highest BCUT2D eigenvalue weighted by Gasteiger charge is 2.18. The van der Waals surface area contributed by atoms with Crippen molar-refractivity contribution in [2.75, 3.05) is 18.0 Å². The minimum absolute atomic E-state index is 0.302. The van der Waals surface area contributed by atoms with E-state index in [0.29, 0.717) is 18.7 Å². The van der Waals surface area contributed by atoms with E-state index in [-0.39, 0.29) is 0 Å². The van der Waals surface area contributed by atoms with Crippen molar-refractivity contribution in [3.63, 3.8) is 0 Å². The third-order valence-corrected chi connectivity index (χ3v) is 2.76. The number of nitrogens with zero attached hydrogens (tertiary/aromatic N) is 1. The highest BCUT2D eigenvalue weighted by molar-refractivity contribution is 6.33. The maximum Gasteiger partial charge on any atom is 0.152 e. The van der Waals surface area contributed by atoms with Gasteiger partial charge >= 0.3 is 0 Å². The summed E-state index contributed by atoms with van der Waals surface area (Å²) in [6.45, 7) is 1.43. The molecule has 2 rings (SSSR count). The SMILES string of the molecule is O=C1CCCN(c2ccccc2Cl)C1. The minimum Gasteiger partial charge on any atom is -0.363 e. The number of Topliss-reactive ketones (excluding diaryl/α,β-unsaturated/α-hetero) is 1. The van der Waals surface area contributed by atoms with E-state index in [1.807, 2.05) is 29.2 Å². The van der Waals surface area contributed by atoms with E-state index in [9.17, 15) is 4.79 Å². The van der Waals surface area contributed by atoms with Crippen molar-refractivity contribution in [2.24, 2.45) is 0 Å². The van der Waals surface area contributed by atoms with Crippen LogP contribution in [0.2, 0.25) is 5.02 Å². The highest BCUT2D eigenvalue weighted by Crippen LogP contribution is 2.26. The van der Waals surface area contributed by atoms with Gasteiger partial charge in [-0.1, -0.05) is 23.7 Å². The van der Waals surface area contributed by atoms with Crippen LogP contribution in [0, 0.1) is 0 Å². The average Bonchev–Trinajstić information content (AvgIpc) is 2.18. The summed E-state index contributed by atoms with van der Waals surface area (Å²) in [7, 11) is 0. The first-order chi connectivity index (χ1) is 6.77. The van der Waals surface area contributed by atoms with Crippen molar-refractivity contribution < 1.29 is 4.79 Å². The van der Waals surface area contributed by atoms with Gasteiger partial charge in [0.2, 0.25) is 0 Å². The maximum absolute atomic E-state index is 11.3.